The van der Waals surface area contributed by atoms with Crippen LogP contribution in [0.3, 0.4) is 0 Å². The van der Waals surface area contributed by atoms with Crippen molar-refractivity contribution in [1.82, 2.24) is 10.3 Å². The van der Waals surface area contributed by atoms with Crippen molar-refractivity contribution in [2.24, 2.45) is 0 Å². The van der Waals surface area contributed by atoms with E-state index in [1.807, 2.05) is 13.0 Å². The van der Waals surface area contributed by atoms with Crippen LogP contribution >= 0.6 is 11.8 Å². The summed E-state index contributed by atoms with van der Waals surface area (Å²) in [5.41, 5.74) is 1.96. The first-order valence-corrected chi connectivity index (χ1v) is 14.0. The zero-order chi connectivity index (χ0) is 29.9. The van der Waals surface area contributed by atoms with Gasteiger partial charge in [0.25, 0.3) is 11.8 Å². The van der Waals surface area contributed by atoms with E-state index >= 15 is 0 Å². The summed E-state index contributed by atoms with van der Waals surface area (Å²) in [4.78, 5) is 44.1. The molecule has 0 saturated heterocycles. The molecule has 0 radical (unpaired) electrons. The zero-order valence-electron chi connectivity index (χ0n) is 23.0. The molecule has 1 aromatic heterocycles. The monoisotopic (exact) mass is 582 g/mol. The van der Waals surface area contributed by atoms with Crippen molar-refractivity contribution in [2.45, 2.75) is 23.5 Å². The standard InChI is InChI=1S/C32H30N4O5S/c1-3-29(32(40)34-23-14-16-33-17-15-23)42-26-11-7-10-24(19-26)35-31(39)27(36-30(38)21-8-5-4-6-9-21)18-22-12-13-25(37)20-28(22)41-2/h4-20,29,37H,3H2,1-2H3,(H,35,39)(H,36,38)(H,33,34,40)/b27-18+. The molecule has 1 unspecified atom stereocenters. The normalized spacial score (nSPS) is 11.7. The van der Waals surface area contributed by atoms with Crippen molar-refractivity contribution >= 4 is 46.9 Å². The van der Waals surface area contributed by atoms with Crippen LogP contribution in [0.25, 0.3) is 6.08 Å². The maximum atomic E-state index is 13.5. The SMILES string of the molecule is CCC(Sc1cccc(NC(=O)/C(=C\c2ccc(O)cc2OC)NC(=O)c2ccccc2)c1)C(=O)Nc1ccncc1. The highest BCUT2D eigenvalue weighted by Gasteiger charge is 2.20. The third-order valence-corrected chi connectivity index (χ3v) is 7.39. The van der Waals surface area contributed by atoms with E-state index in [0.29, 0.717) is 34.7 Å². The lowest BCUT2D eigenvalue weighted by molar-refractivity contribution is -0.116. The molecular weight excluding hydrogens is 552 g/mol. The third kappa shape index (κ3) is 8.21. The molecule has 0 aliphatic rings. The number of nitrogens with zero attached hydrogens (tertiary/aromatic N) is 1. The molecular formula is C32H30N4O5S. The molecule has 1 heterocycles. The zero-order valence-corrected chi connectivity index (χ0v) is 23.9. The number of aromatic hydroxyl groups is 1. The highest BCUT2D eigenvalue weighted by molar-refractivity contribution is 8.00. The molecule has 0 bridgehead atoms. The van der Waals surface area contributed by atoms with Gasteiger partial charge in [-0.3, -0.25) is 19.4 Å². The third-order valence-electron chi connectivity index (χ3n) is 6.03. The van der Waals surface area contributed by atoms with E-state index in [4.69, 9.17) is 4.74 Å². The number of carbonyl (C=O) groups is 3. The number of phenols is 1. The molecule has 214 valence electrons. The Morgan fingerprint density at radius 2 is 1.69 bits per heavy atom. The van der Waals surface area contributed by atoms with Gasteiger partial charge in [0.05, 0.1) is 12.4 Å². The van der Waals surface area contributed by atoms with Crippen molar-refractivity contribution in [3.63, 3.8) is 0 Å². The van der Waals surface area contributed by atoms with Gasteiger partial charge in [0.2, 0.25) is 5.91 Å². The van der Waals surface area contributed by atoms with Crippen LogP contribution in [0.5, 0.6) is 11.5 Å². The molecule has 10 heteroatoms. The van der Waals surface area contributed by atoms with Crippen LogP contribution in [-0.4, -0.2) is 40.2 Å². The minimum absolute atomic E-state index is 0.00233. The lowest BCUT2D eigenvalue weighted by Crippen LogP contribution is -2.30. The average Bonchev–Trinajstić information content (AvgIpc) is 3.01. The van der Waals surface area contributed by atoms with Gasteiger partial charge in [0, 0.05) is 45.9 Å². The van der Waals surface area contributed by atoms with Gasteiger partial charge in [-0.05, 0) is 67.1 Å². The van der Waals surface area contributed by atoms with E-state index in [1.165, 1.54) is 37.1 Å². The first-order chi connectivity index (χ1) is 20.4. The Morgan fingerprint density at radius 3 is 2.40 bits per heavy atom. The minimum atomic E-state index is -0.570. The number of aromatic nitrogens is 1. The van der Waals surface area contributed by atoms with Crippen LogP contribution in [0.15, 0.2) is 108 Å². The highest BCUT2D eigenvalue weighted by Crippen LogP contribution is 2.29. The summed E-state index contributed by atoms with van der Waals surface area (Å²) in [5, 5.41) is 17.9. The van der Waals surface area contributed by atoms with Gasteiger partial charge in [0.1, 0.15) is 17.2 Å². The largest absolute Gasteiger partial charge is 0.508 e. The summed E-state index contributed by atoms with van der Waals surface area (Å²) >= 11 is 1.38. The number of benzene rings is 3. The quantitative estimate of drug-likeness (QED) is 0.132. The number of hydrogen-bond acceptors (Lipinski definition) is 7. The van der Waals surface area contributed by atoms with E-state index in [9.17, 15) is 19.5 Å². The maximum Gasteiger partial charge on any atom is 0.272 e. The predicted octanol–water partition coefficient (Wildman–Crippen LogP) is 5.71. The Bertz CT molecular complexity index is 1580. The Balaban J connectivity index is 1.54. The Hall–Kier alpha value is -5.09. The van der Waals surface area contributed by atoms with Crippen molar-refractivity contribution in [3.05, 3.63) is 114 Å². The summed E-state index contributed by atoms with van der Waals surface area (Å²) in [7, 11) is 1.44. The van der Waals surface area contributed by atoms with Crippen LogP contribution in [0, 0.1) is 0 Å². The predicted molar refractivity (Wildman–Crippen MR) is 164 cm³/mol. The molecule has 0 fully saturated rings. The Morgan fingerprint density at radius 1 is 0.929 bits per heavy atom. The molecule has 0 saturated carbocycles. The molecule has 3 aromatic carbocycles. The summed E-state index contributed by atoms with van der Waals surface area (Å²) in [6.45, 7) is 1.93. The number of anilines is 2. The van der Waals surface area contributed by atoms with Gasteiger partial charge < -0.3 is 25.8 Å². The molecule has 4 N–H and O–H groups in total. The fraction of sp³-hybridized carbons (Fsp3) is 0.125. The van der Waals surface area contributed by atoms with Crippen LogP contribution in [0.4, 0.5) is 11.4 Å². The van der Waals surface area contributed by atoms with Gasteiger partial charge in [-0.1, -0.05) is 31.2 Å². The number of thioether (sulfide) groups is 1. The first kappa shape index (κ1) is 29.9. The van der Waals surface area contributed by atoms with Crippen LogP contribution < -0.4 is 20.7 Å². The lowest BCUT2D eigenvalue weighted by Gasteiger charge is -2.16. The van der Waals surface area contributed by atoms with Crippen LogP contribution in [-0.2, 0) is 9.59 Å². The van der Waals surface area contributed by atoms with E-state index in [0.717, 1.165) is 4.90 Å². The molecule has 4 rings (SSSR count). The fourth-order valence-electron chi connectivity index (χ4n) is 3.91. The van der Waals surface area contributed by atoms with Crippen LogP contribution in [0.1, 0.15) is 29.3 Å². The number of amides is 3. The second-order valence-corrected chi connectivity index (χ2v) is 10.3. The molecule has 42 heavy (non-hydrogen) atoms. The van der Waals surface area contributed by atoms with E-state index in [2.05, 4.69) is 20.9 Å². The molecule has 0 aliphatic carbocycles. The molecule has 9 nitrogen and oxygen atoms in total. The Kier molecular flexibility index (Phi) is 10.3. The van der Waals surface area contributed by atoms with Gasteiger partial charge in [0.15, 0.2) is 0 Å². The van der Waals surface area contributed by atoms with Crippen molar-refractivity contribution in [1.29, 1.82) is 0 Å². The first-order valence-electron chi connectivity index (χ1n) is 13.1. The van der Waals surface area contributed by atoms with E-state index in [1.54, 1.807) is 79.1 Å². The highest BCUT2D eigenvalue weighted by atomic mass is 32.2. The van der Waals surface area contributed by atoms with E-state index in [-0.39, 0.29) is 22.6 Å². The van der Waals surface area contributed by atoms with Gasteiger partial charge in [-0.15, -0.1) is 11.8 Å². The summed E-state index contributed by atoms with van der Waals surface area (Å²) in [5.74, 6) is -0.857. The van der Waals surface area contributed by atoms with Gasteiger partial charge >= 0.3 is 0 Å². The number of hydrogen-bond donors (Lipinski definition) is 4. The molecule has 4 aromatic rings. The van der Waals surface area contributed by atoms with Crippen molar-refractivity contribution < 1.29 is 24.2 Å². The fourth-order valence-corrected chi connectivity index (χ4v) is 4.92. The summed E-state index contributed by atoms with van der Waals surface area (Å²) in [6.07, 6.45) is 5.28. The van der Waals surface area contributed by atoms with Gasteiger partial charge in [-0.25, -0.2) is 0 Å². The van der Waals surface area contributed by atoms with Crippen molar-refractivity contribution in [3.8, 4) is 11.5 Å². The van der Waals surface area contributed by atoms with Crippen LogP contribution in [0.2, 0.25) is 0 Å². The van der Waals surface area contributed by atoms with Gasteiger partial charge in [-0.2, -0.15) is 0 Å². The number of ether oxygens (including phenoxy) is 1. The summed E-state index contributed by atoms with van der Waals surface area (Å²) < 4.78 is 5.35. The number of rotatable bonds is 11. The molecule has 1 atom stereocenters. The topological polar surface area (TPSA) is 130 Å². The second kappa shape index (κ2) is 14.5. The molecule has 0 spiro atoms. The Labute approximate surface area is 248 Å². The molecule has 0 aliphatic heterocycles. The second-order valence-electron chi connectivity index (χ2n) is 9.03. The summed E-state index contributed by atoms with van der Waals surface area (Å²) in [6, 6.07) is 23.5. The average molecular weight is 583 g/mol. The van der Waals surface area contributed by atoms with E-state index < -0.39 is 11.8 Å². The number of carbonyl (C=O) groups excluding carboxylic acids is 3. The lowest BCUT2D eigenvalue weighted by atomic mass is 10.1. The smallest absolute Gasteiger partial charge is 0.272 e. The number of methoxy groups -OCH3 is 1. The number of pyridine rings is 1. The minimum Gasteiger partial charge on any atom is -0.508 e. The number of nitrogens with one attached hydrogen (secondary N) is 3. The molecule has 3 amide bonds. The maximum absolute atomic E-state index is 13.5. The number of phenolic OH excluding ortho intramolecular Hbond substituents is 1. The van der Waals surface area contributed by atoms with Crippen molar-refractivity contribution in [2.75, 3.05) is 17.7 Å².